The molecular weight excluding hydrogens is 316 g/mol. The Balaban J connectivity index is 0.00000264. The van der Waals surface area contributed by atoms with Gasteiger partial charge in [-0.05, 0) is 27.2 Å². The van der Waals surface area contributed by atoms with Crippen molar-refractivity contribution in [3.8, 4) is 0 Å². The molecule has 1 aliphatic rings. The van der Waals surface area contributed by atoms with Crippen molar-refractivity contribution >= 4 is 18.3 Å². The summed E-state index contributed by atoms with van der Waals surface area (Å²) in [4.78, 5) is 21.0. The summed E-state index contributed by atoms with van der Waals surface area (Å²) >= 11 is 0. The Labute approximate surface area is 144 Å². The van der Waals surface area contributed by atoms with Crippen LogP contribution in [0.5, 0.6) is 0 Å². The van der Waals surface area contributed by atoms with Gasteiger partial charge >= 0.3 is 0 Å². The molecule has 2 N–H and O–H groups in total. The topological polar surface area (TPSA) is 75.6 Å². The van der Waals surface area contributed by atoms with Crippen LogP contribution in [-0.2, 0) is 11.3 Å². The van der Waals surface area contributed by atoms with E-state index in [0.29, 0.717) is 19.6 Å². The van der Waals surface area contributed by atoms with Gasteiger partial charge in [-0.15, -0.1) is 12.4 Å². The highest BCUT2D eigenvalue weighted by Crippen LogP contribution is 2.16. The number of piperazine rings is 1. The zero-order valence-corrected chi connectivity index (χ0v) is 15.4. The summed E-state index contributed by atoms with van der Waals surface area (Å²) in [5, 5.41) is 0. The Morgan fingerprint density at radius 1 is 1.30 bits per heavy atom. The van der Waals surface area contributed by atoms with Crippen LogP contribution in [-0.4, -0.2) is 52.4 Å². The van der Waals surface area contributed by atoms with Gasteiger partial charge in [0.2, 0.25) is 11.8 Å². The van der Waals surface area contributed by atoms with Crippen LogP contribution in [0.3, 0.4) is 0 Å². The highest BCUT2D eigenvalue weighted by Gasteiger charge is 2.33. The van der Waals surface area contributed by atoms with Crippen molar-refractivity contribution in [1.82, 2.24) is 14.8 Å². The Kier molecular flexibility index (Phi) is 7.04. The number of carbonyl (C=O) groups is 1. The van der Waals surface area contributed by atoms with Gasteiger partial charge in [0.15, 0.2) is 0 Å². The Morgan fingerprint density at radius 2 is 1.91 bits per heavy atom. The Bertz CT molecular complexity index is 503. The number of carbonyl (C=O) groups excluding carboxylic acids is 1. The summed E-state index contributed by atoms with van der Waals surface area (Å²) in [7, 11) is 0. The van der Waals surface area contributed by atoms with Crippen LogP contribution in [0.4, 0.5) is 0 Å². The van der Waals surface area contributed by atoms with Gasteiger partial charge in [0, 0.05) is 26.2 Å². The van der Waals surface area contributed by atoms with E-state index >= 15 is 0 Å². The zero-order chi connectivity index (χ0) is 16.3. The second-order valence-corrected chi connectivity index (χ2v) is 6.49. The lowest BCUT2D eigenvalue weighted by atomic mass is 9.95. The van der Waals surface area contributed by atoms with Crippen molar-refractivity contribution in [3.63, 3.8) is 0 Å². The largest absolute Gasteiger partial charge is 0.444 e. The van der Waals surface area contributed by atoms with Crippen LogP contribution in [0.15, 0.2) is 4.42 Å². The maximum absolute atomic E-state index is 12.5. The van der Waals surface area contributed by atoms with Gasteiger partial charge in [-0.25, -0.2) is 4.98 Å². The van der Waals surface area contributed by atoms with Crippen molar-refractivity contribution in [2.45, 2.75) is 52.6 Å². The maximum Gasteiger partial charge on any atom is 0.242 e. The molecule has 2 rings (SSSR count). The fourth-order valence-electron chi connectivity index (χ4n) is 2.89. The van der Waals surface area contributed by atoms with E-state index in [2.05, 4.69) is 16.8 Å². The second kappa shape index (κ2) is 8.13. The van der Waals surface area contributed by atoms with Crippen LogP contribution in [0.25, 0.3) is 0 Å². The first kappa shape index (κ1) is 19.9. The lowest BCUT2D eigenvalue weighted by molar-refractivity contribution is -0.138. The van der Waals surface area contributed by atoms with Crippen molar-refractivity contribution in [2.24, 2.45) is 5.73 Å². The van der Waals surface area contributed by atoms with E-state index in [4.69, 9.17) is 10.2 Å². The van der Waals surface area contributed by atoms with Gasteiger partial charge in [-0.3, -0.25) is 9.69 Å². The molecule has 1 aromatic heterocycles. The monoisotopic (exact) mass is 344 g/mol. The van der Waals surface area contributed by atoms with Crippen molar-refractivity contribution in [3.05, 3.63) is 17.3 Å². The van der Waals surface area contributed by atoms with Crippen molar-refractivity contribution in [2.75, 3.05) is 26.2 Å². The minimum absolute atomic E-state index is 0. The van der Waals surface area contributed by atoms with E-state index < -0.39 is 5.54 Å². The summed E-state index contributed by atoms with van der Waals surface area (Å²) < 4.78 is 5.62. The maximum atomic E-state index is 12.5. The minimum atomic E-state index is -0.742. The van der Waals surface area contributed by atoms with Gasteiger partial charge in [-0.1, -0.05) is 13.3 Å². The highest BCUT2D eigenvalue weighted by molar-refractivity contribution is 5.86. The molecule has 2 heterocycles. The molecule has 7 heteroatoms. The average Bonchev–Trinajstić information content (AvgIpc) is 2.77. The minimum Gasteiger partial charge on any atom is -0.444 e. The Morgan fingerprint density at radius 3 is 2.39 bits per heavy atom. The molecule has 1 aliphatic heterocycles. The van der Waals surface area contributed by atoms with E-state index in [0.717, 1.165) is 43.3 Å². The van der Waals surface area contributed by atoms with Crippen molar-refractivity contribution in [1.29, 1.82) is 0 Å². The molecule has 132 valence electrons. The molecule has 1 atom stereocenters. The highest BCUT2D eigenvalue weighted by atomic mass is 35.5. The van der Waals surface area contributed by atoms with Gasteiger partial charge < -0.3 is 15.1 Å². The predicted octanol–water partition coefficient (Wildman–Crippen LogP) is 1.87. The standard InChI is InChI=1S/C16H28N4O2.ClH/c1-5-6-16(4,17)15(21)20-9-7-19(8-10-20)11-14-18-12(2)13(3)22-14;/h5-11,17H2,1-4H3;1H. The average molecular weight is 345 g/mol. The van der Waals surface area contributed by atoms with E-state index in [1.54, 1.807) is 0 Å². The summed E-state index contributed by atoms with van der Waals surface area (Å²) in [5.74, 6) is 1.70. The van der Waals surface area contributed by atoms with Crippen LogP contribution >= 0.6 is 12.4 Å². The van der Waals surface area contributed by atoms with E-state index in [-0.39, 0.29) is 18.3 Å². The first-order valence-electron chi connectivity index (χ1n) is 8.07. The molecule has 1 amide bonds. The molecule has 0 radical (unpaired) electrons. The molecule has 1 fully saturated rings. The fourth-order valence-corrected chi connectivity index (χ4v) is 2.89. The predicted molar refractivity (Wildman–Crippen MR) is 92.6 cm³/mol. The van der Waals surface area contributed by atoms with E-state index in [1.165, 1.54) is 0 Å². The van der Waals surface area contributed by atoms with E-state index in [9.17, 15) is 4.79 Å². The number of halogens is 1. The summed E-state index contributed by atoms with van der Waals surface area (Å²) in [6.45, 7) is 11.6. The van der Waals surface area contributed by atoms with Gasteiger partial charge in [-0.2, -0.15) is 0 Å². The molecule has 0 aromatic carbocycles. The normalized spacial score (nSPS) is 18.4. The number of hydrogen-bond donors (Lipinski definition) is 1. The number of aromatic nitrogens is 1. The Hall–Kier alpha value is -1.11. The lowest BCUT2D eigenvalue weighted by Crippen LogP contribution is -2.58. The fraction of sp³-hybridized carbons (Fsp3) is 0.750. The van der Waals surface area contributed by atoms with Gasteiger partial charge in [0.05, 0.1) is 17.8 Å². The summed E-state index contributed by atoms with van der Waals surface area (Å²) in [6, 6.07) is 0. The number of nitrogens with zero attached hydrogens (tertiary/aromatic N) is 3. The molecule has 1 aromatic rings. The van der Waals surface area contributed by atoms with E-state index in [1.807, 2.05) is 25.7 Å². The van der Waals surface area contributed by atoms with Crippen LogP contribution in [0, 0.1) is 13.8 Å². The van der Waals surface area contributed by atoms with Crippen LogP contribution < -0.4 is 5.73 Å². The number of hydrogen-bond acceptors (Lipinski definition) is 5. The molecule has 23 heavy (non-hydrogen) atoms. The van der Waals surface area contributed by atoms with Crippen molar-refractivity contribution < 1.29 is 9.21 Å². The van der Waals surface area contributed by atoms with Gasteiger partial charge in [0.1, 0.15) is 5.76 Å². The quantitative estimate of drug-likeness (QED) is 0.882. The molecule has 0 aliphatic carbocycles. The molecule has 0 spiro atoms. The van der Waals surface area contributed by atoms with Crippen LogP contribution in [0.1, 0.15) is 44.0 Å². The molecule has 0 saturated carbocycles. The third-order valence-corrected chi connectivity index (χ3v) is 4.35. The lowest BCUT2D eigenvalue weighted by Gasteiger charge is -2.38. The molecule has 1 unspecified atom stereocenters. The summed E-state index contributed by atoms with van der Waals surface area (Å²) in [6.07, 6.45) is 1.64. The van der Waals surface area contributed by atoms with Gasteiger partial charge in [0.25, 0.3) is 0 Å². The first-order chi connectivity index (χ1) is 10.3. The molecule has 1 saturated heterocycles. The van der Waals surface area contributed by atoms with Crippen LogP contribution in [0.2, 0.25) is 0 Å². The number of rotatable bonds is 5. The number of oxazole rings is 1. The third-order valence-electron chi connectivity index (χ3n) is 4.35. The number of aryl methyl sites for hydroxylation is 2. The SMILES string of the molecule is CCCC(C)(N)C(=O)N1CCN(Cc2nc(C)c(C)o2)CC1.Cl. The second-order valence-electron chi connectivity index (χ2n) is 6.49. The third kappa shape index (κ3) is 4.93. The zero-order valence-electron chi connectivity index (χ0n) is 14.6. The number of amides is 1. The summed E-state index contributed by atoms with van der Waals surface area (Å²) in [5.41, 5.74) is 6.35. The number of nitrogens with two attached hydrogens (primary N) is 1. The molecule has 6 nitrogen and oxygen atoms in total. The smallest absolute Gasteiger partial charge is 0.242 e. The molecular formula is C16H29ClN4O2. The first-order valence-corrected chi connectivity index (χ1v) is 8.07. The molecule has 0 bridgehead atoms.